The molecule has 1 heterocycles. The number of hydrogen-bond donors (Lipinski definition) is 1. The number of para-hydroxylation sites is 1. The number of anilines is 1. The summed E-state index contributed by atoms with van der Waals surface area (Å²) in [5, 5.41) is 4.81. The first kappa shape index (κ1) is 13.2. The van der Waals surface area contributed by atoms with E-state index < -0.39 is 0 Å². The molecule has 0 saturated carbocycles. The molecule has 0 aliphatic heterocycles. The number of nitrogens with zero attached hydrogens (tertiary/aromatic N) is 1. The number of allylic oxidation sites excluding steroid dienone is 1. The summed E-state index contributed by atoms with van der Waals surface area (Å²) >= 11 is 0. The minimum atomic E-state index is 1.01. The SMILES string of the molecule is Cc1cc(NCCC2=CCCCC2)c2ccccc2n1. The standard InChI is InChI=1S/C18H22N2/c1-14-13-18(16-9-5-6-10-17(16)20-14)19-12-11-15-7-3-2-4-8-15/h5-7,9-10,13H,2-4,8,11-12H2,1H3,(H,19,20). The van der Waals surface area contributed by atoms with Crippen LogP contribution in [-0.4, -0.2) is 11.5 Å². The molecule has 0 fully saturated rings. The van der Waals surface area contributed by atoms with Crippen LogP contribution in [0.3, 0.4) is 0 Å². The molecule has 0 amide bonds. The van der Waals surface area contributed by atoms with Crippen molar-refractivity contribution in [3.63, 3.8) is 0 Å². The van der Waals surface area contributed by atoms with E-state index in [4.69, 9.17) is 0 Å². The van der Waals surface area contributed by atoms with Crippen LogP contribution in [0.2, 0.25) is 0 Å². The van der Waals surface area contributed by atoms with Gasteiger partial charge in [0, 0.05) is 23.3 Å². The lowest BCUT2D eigenvalue weighted by Gasteiger charge is -2.14. The van der Waals surface area contributed by atoms with E-state index in [0.29, 0.717) is 0 Å². The predicted molar refractivity (Wildman–Crippen MR) is 86.1 cm³/mol. The van der Waals surface area contributed by atoms with Crippen molar-refractivity contribution < 1.29 is 0 Å². The molecule has 1 aromatic heterocycles. The molecule has 0 bridgehead atoms. The number of aryl methyl sites for hydroxylation is 1. The smallest absolute Gasteiger partial charge is 0.0725 e. The molecule has 3 rings (SSSR count). The monoisotopic (exact) mass is 266 g/mol. The van der Waals surface area contributed by atoms with Gasteiger partial charge in [-0.25, -0.2) is 0 Å². The summed E-state index contributed by atoms with van der Waals surface area (Å²) in [6, 6.07) is 10.5. The summed E-state index contributed by atoms with van der Waals surface area (Å²) in [5.74, 6) is 0. The first-order valence-electron chi connectivity index (χ1n) is 7.61. The minimum Gasteiger partial charge on any atom is -0.384 e. The highest BCUT2D eigenvalue weighted by atomic mass is 14.9. The van der Waals surface area contributed by atoms with Crippen LogP contribution in [0.15, 0.2) is 42.0 Å². The zero-order valence-electron chi connectivity index (χ0n) is 12.2. The zero-order valence-corrected chi connectivity index (χ0v) is 12.2. The molecule has 2 aromatic rings. The molecule has 20 heavy (non-hydrogen) atoms. The number of benzene rings is 1. The maximum atomic E-state index is 4.58. The third-order valence-corrected chi connectivity index (χ3v) is 3.99. The Labute approximate surface area is 120 Å². The van der Waals surface area contributed by atoms with E-state index in [1.165, 1.54) is 36.8 Å². The number of rotatable bonds is 4. The highest BCUT2D eigenvalue weighted by molar-refractivity contribution is 5.91. The first-order valence-corrected chi connectivity index (χ1v) is 7.61. The molecule has 0 radical (unpaired) electrons. The Kier molecular flexibility index (Phi) is 4.00. The largest absolute Gasteiger partial charge is 0.384 e. The van der Waals surface area contributed by atoms with Crippen LogP contribution in [0.25, 0.3) is 10.9 Å². The Morgan fingerprint density at radius 1 is 1.20 bits per heavy atom. The van der Waals surface area contributed by atoms with E-state index in [-0.39, 0.29) is 0 Å². The second-order valence-electron chi connectivity index (χ2n) is 5.61. The van der Waals surface area contributed by atoms with Crippen molar-refractivity contribution in [3.05, 3.63) is 47.7 Å². The summed E-state index contributed by atoms with van der Waals surface area (Å²) in [4.78, 5) is 4.58. The fourth-order valence-electron chi connectivity index (χ4n) is 2.94. The zero-order chi connectivity index (χ0) is 13.8. The van der Waals surface area contributed by atoms with Crippen molar-refractivity contribution in [1.29, 1.82) is 0 Å². The molecule has 0 saturated heterocycles. The summed E-state index contributed by atoms with van der Waals surface area (Å²) in [5.41, 5.74) is 4.98. The summed E-state index contributed by atoms with van der Waals surface area (Å²) in [6.45, 7) is 3.07. The molecule has 0 spiro atoms. The molecule has 0 unspecified atom stereocenters. The van der Waals surface area contributed by atoms with E-state index in [1.54, 1.807) is 5.57 Å². The van der Waals surface area contributed by atoms with Gasteiger partial charge in [-0.05, 0) is 51.2 Å². The van der Waals surface area contributed by atoms with Crippen LogP contribution in [0, 0.1) is 6.92 Å². The van der Waals surface area contributed by atoms with Gasteiger partial charge >= 0.3 is 0 Å². The van der Waals surface area contributed by atoms with Gasteiger partial charge in [0.25, 0.3) is 0 Å². The van der Waals surface area contributed by atoms with Crippen LogP contribution in [-0.2, 0) is 0 Å². The third-order valence-electron chi connectivity index (χ3n) is 3.99. The lowest BCUT2D eigenvalue weighted by molar-refractivity contribution is 0.679. The van der Waals surface area contributed by atoms with Crippen LogP contribution >= 0.6 is 0 Å². The van der Waals surface area contributed by atoms with Crippen molar-refractivity contribution in [2.24, 2.45) is 0 Å². The van der Waals surface area contributed by atoms with Gasteiger partial charge < -0.3 is 5.32 Å². The maximum Gasteiger partial charge on any atom is 0.0725 e. The number of hydrogen-bond acceptors (Lipinski definition) is 2. The average molecular weight is 266 g/mol. The summed E-state index contributed by atoms with van der Waals surface area (Å²) < 4.78 is 0. The number of nitrogens with one attached hydrogen (secondary N) is 1. The van der Waals surface area contributed by atoms with Crippen LogP contribution in [0.1, 0.15) is 37.8 Å². The second-order valence-corrected chi connectivity index (χ2v) is 5.61. The van der Waals surface area contributed by atoms with Crippen molar-refractivity contribution >= 4 is 16.6 Å². The van der Waals surface area contributed by atoms with Crippen LogP contribution in [0.5, 0.6) is 0 Å². The molecule has 1 aromatic carbocycles. The fraction of sp³-hybridized carbons (Fsp3) is 0.389. The lowest BCUT2D eigenvalue weighted by atomic mass is 9.97. The van der Waals surface area contributed by atoms with Crippen LogP contribution in [0.4, 0.5) is 5.69 Å². The molecule has 1 aliphatic rings. The first-order chi connectivity index (χ1) is 9.83. The van der Waals surface area contributed by atoms with Gasteiger partial charge in [-0.2, -0.15) is 0 Å². The lowest BCUT2D eigenvalue weighted by Crippen LogP contribution is -2.05. The van der Waals surface area contributed by atoms with Gasteiger partial charge in [0.1, 0.15) is 0 Å². The van der Waals surface area contributed by atoms with E-state index in [9.17, 15) is 0 Å². The fourth-order valence-corrected chi connectivity index (χ4v) is 2.94. The van der Waals surface area contributed by atoms with E-state index in [2.05, 4.69) is 47.6 Å². The van der Waals surface area contributed by atoms with Crippen molar-refractivity contribution in [3.8, 4) is 0 Å². The van der Waals surface area contributed by atoms with Gasteiger partial charge in [-0.15, -0.1) is 0 Å². The van der Waals surface area contributed by atoms with Crippen molar-refractivity contribution in [2.75, 3.05) is 11.9 Å². The summed E-state index contributed by atoms with van der Waals surface area (Å²) in [7, 11) is 0. The second kappa shape index (κ2) is 6.08. The topological polar surface area (TPSA) is 24.9 Å². The van der Waals surface area contributed by atoms with Gasteiger partial charge in [-0.3, -0.25) is 4.98 Å². The highest BCUT2D eigenvalue weighted by Crippen LogP contribution is 2.24. The Morgan fingerprint density at radius 2 is 2.10 bits per heavy atom. The highest BCUT2D eigenvalue weighted by Gasteiger charge is 2.05. The van der Waals surface area contributed by atoms with E-state index in [0.717, 1.165) is 24.2 Å². The Hall–Kier alpha value is -1.83. The van der Waals surface area contributed by atoms with Crippen molar-refractivity contribution in [1.82, 2.24) is 4.98 Å². The predicted octanol–water partition coefficient (Wildman–Crippen LogP) is 4.85. The maximum absolute atomic E-state index is 4.58. The molecule has 2 heteroatoms. The number of aromatic nitrogens is 1. The van der Waals surface area contributed by atoms with Gasteiger partial charge in [-0.1, -0.05) is 29.8 Å². The third kappa shape index (κ3) is 3.01. The molecule has 104 valence electrons. The molecule has 2 nitrogen and oxygen atoms in total. The quantitative estimate of drug-likeness (QED) is 0.800. The Bertz CT molecular complexity index is 628. The van der Waals surface area contributed by atoms with E-state index in [1.807, 2.05) is 6.07 Å². The Morgan fingerprint density at radius 3 is 2.95 bits per heavy atom. The van der Waals surface area contributed by atoms with Gasteiger partial charge in [0.05, 0.1) is 5.52 Å². The Balaban J connectivity index is 1.72. The normalized spacial score (nSPS) is 15.2. The minimum absolute atomic E-state index is 1.01. The van der Waals surface area contributed by atoms with Gasteiger partial charge in [0.2, 0.25) is 0 Å². The van der Waals surface area contributed by atoms with Crippen LogP contribution < -0.4 is 5.32 Å². The molecular formula is C18H22N2. The average Bonchev–Trinajstić information content (AvgIpc) is 2.48. The number of fused-ring (bicyclic) bond motifs is 1. The molecule has 1 N–H and O–H groups in total. The number of pyridine rings is 1. The van der Waals surface area contributed by atoms with Gasteiger partial charge in [0.15, 0.2) is 0 Å². The molecular weight excluding hydrogens is 244 g/mol. The molecule has 0 atom stereocenters. The molecule has 1 aliphatic carbocycles. The van der Waals surface area contributed by atoms with Crippen molar-refractivity contribution in [2.45, 2.75) is 39.0 Å². The van der Waals surface area contributed by atoms with E-state index >= 15 is 0 Å². The summed E-state index contributed by atoms with van der Waals surface area (Å²) in [6.07, 6.45) is 8.88.